The molecule has 16 heavy (non-hydrogen) atoms. The Hall–Kier alpha value is -1.42. The van der Waals surface area contributed by atoms with Gasteiger partial charge in [0, 0.05) is 25.7 Å². The predicted octanol–water partition coefficient (Wildman–Crippen LogP) is 1.14. The zero-order valence-electron chi connectivity index (χ0n) is 9.49. The van der Waals surface area contributed by atoms with Gasteiger partial charge in [0.05, 0.1) is 5.69 Å². The van der Waals surface area contributed by atoms with Gasteiger partial charge in [-0.05, 0) is 31.0 Å². The Morgan fingerprint density at radius 3 is 3.06 bits per heavy atom. The molecule has 2 rings (SSSR count). The summed E-state index contributed by atoms with van der Waals surface area (Å²) in [4.78, 5) is 15.2. The summed E-state index contributed by atoms with van der Waals surface area (Å²) < 4.78 is 0. The fourth-order valence-electron chi connectivity index (χ4n) is 1.91. The lowest BCUT2D eigenvalue weighted by molar-refractivity contribution is -0.119. The molecule has 0 aliphatic carbocycles. The zero-order valence-corrected chi connectivity index (χ0v) is 9.49. The van der Waals surface area contributed by atoms with Crippen molar-refractivity contribution < 1.29 is 4.79 Å². The fourth-order valence-corrected chi connectivity index (χ4v) is 1.91. The van der Waals surface area contributed by atoms with Crippen LogP contribution in [0.5, 0.6) is 0 Å². The molecule has 0 saturated carbocycles. The van der Waals surface area contributed by atoms with Crippen molar-refractivity contribution in [2.45, 2.75) is 32.4 Å². The van der Waals surface area contributed by atoms with Crippen LogP contribution in [0.3, 0.4) is 0 Å². The molecule has 0 spiro atoms. The van der Waals surface area contributed by atoms with Crippen molar-refractivity contribution in [1.29, 1.82) is 0 Å². The van der Waals surface area contributed by atoms with Gasteiger partial charge in [0.2, 0.25) is 5.91 Å². The van der Waals surface area contributed by atoms with Crippen LogP contribution in [0, 0.1) is 0 Å². The van der Waals surface area contributed by atoms with E-state index in [4.69, 9.17) is 0 Å². The standard InChI is InChI=1S/C12H17N3O/c1-9(16)14-7-10-4-5-12(15-8-10)11-3-2-6-13-11/h4-5,8,11,13H,2-3,6-7H2,1H3,(H,14,16)/t11-/m1/s1. The Labute approximate surface area is 95.5 Å². The summed E-state index contributed by atoms with van der Waals surface area (Å²) in [5.41, 5.74) is 2.14. The first-order valence-corrected chi connectivity index (χ1v) is 5.68. The number of nitrogens with zero attached hydrogens (tertiary/aromatic N) is 1. The van der Waals surface area contributed by atoms with Crippen molar-refractivity contribution in [2.24, 2.45) is 0 Å². The first kappa shape index (κ1) is 11.1. The van der Waals surface area contributed by atoms with E-state index in [9.17, 15) is 4.79 Å². The van der Waals surface area contributed by atoms with Gasteiger partial charge in [0.25, 0.3) is 0 Å². The molecule has 0 bridgehead atoms. The molecule has 1 aromatic heterocycles. The van der Waals surface area contributed by atoms with Crippen LogP contribution in [0.15, 0.2) is 18.3 Å². The molecule has 1 fully saturated rings. The molecule has 0 radical (unpaired) electrons. The van der Waals surface area contributed by atoms with Gasteiger partial charge in [-0.25, -0.2) is 0 Å². The van der Waals surface area contributed by atoms with Gasteiger partial charge in [0.1, 0.15) is 0 Å². The van der Waals surface area contributed by atoms with Gasteiger partial charge in [0.15, 0.2) is 0 Å². The van der Waals surface area contributed by atoms with Crippen LogP contribution in [0.4, 0.5) is 0 Å². The Morgan fingerprint density at radius 1 is 1.62 bits per heavy atom. The second kappa shape index (κ2) is 5.07. The van der Waals surface area contributed by atoms with E-state index in [1.54, 1.807) is 0 Å². The van der Waals surface area contributed by atoms with Crippen molar-refractivity contribution >= 4 is 5.91 Å². The molecule has 86 valence electrons. The van der Waals surface area contributed by atoms with Crippen LogP contribution in [0.1, 0.15) is 37.1 Å². The molecule has 0 aromatic carbocycles. The van der Waals surface area contributed by atoms with Gasteiger partial charge in [-0.1, -0.05) is 6.07 Å². The third kappa shape index (κ3) is 2.79. The summed E-state index contributed by atoms with van der Waals surface area (Å²) >= 11 is 0. The van der Waals surface area contributed by atoms with Crippen LogP contribution >= 0.6 is 0 Å². The maximum atomic E-state index is 10.8. The van der Waals surface area contributed by atoms with Crippen LogP contribution in [-0.4, -0.2) is 17.4 Å². The van der Waals surface area contributed by atoms with Crippen LogP contribution in [-0.2, 0) is 11.3 Å². The van der Waals surface area contributed by atoms with Gasteiger partial charge in [-0.15, -0.1) is 0 Å². The third-order valence-electron chi connectivity index (χ3n) is 2.81. The van der Waals surface area contributed by atoms with E-state index in [2.05, 4.69) is 15.6 Å². The maximum absolute atomic E-state index is 10.8. The number of aromatic nitrogens is 1. The van der Waals surface area contributed by atoms with E-state index in [0.717, 1.165) is 24.2 Å². The van der Waals surface area contributed by atoms with Gasteiger partial charge in [-0.3, -0.25) is 9.78 Å². The van der Waals surface area contributed by atoms with Crippen molar-refractivity contribution in [3.63, 3.8) is 0 Å². The van der Waals surface area contributed by atoms with E-state index in [1.807, 2.05) is 18.3 Å². The van der Waals surface area contributed by atoms with Crippen molar-refractivity contribution in [3.05, 3.63) is 29.6 Å². The Morgan fingerprint density at radius 2 is 2.50 bits per heavy atom. The first-order valence-electron chi connectivity index (χ1n) is 5.68. The van der Waals surface area contributed by atoms with Crippen LogP contribution in [0.25, 0.3) is 0 Å². The molecule has 1 aromatic rings. The van der Waals surface area contributed by atoms with E-state index >= 15 is 0 Å². The van der Waals surface area contributed by atoms with E-state index in [0.29, 0.717) is 12.6 Å². The number of hydrogen-bond donors (Lipinski definition) is 2. The molecule has 1 saturated heterocycles. The number of carbonyl (C=O) groups excluding carboxylic acids is 1. The summed E-state index contributed by atoms with van der Waals surface area (Å²) in [6, 6.07) is 4.48. The maximum Gasteiger partial charge on any atom is 0.217 e. The molecular weight excluding hydrogens is 202 g/mol. The minimum atomic E-state index is -0.0125. The van der Waals surface area contributed by atoms with Gasteiger partial charge in [-0.2, -0.15) is 0 Å². The fraction of sp³-hybridized carbons (Fsp3) is 0.500. The lowest BCUT2D eigenvalue weighted by Gasteiger charge is -2.10. The van der Waals surface area contributed by atoms with E-state index in [1.165, 1.54) is 13.3 Å². The molecule has 4 nitrogen and oxygen atoms in total. The largest absolute Gasteiger partial charge is 0.352 e. The number of amides is 1. The monoisotopic (exact) mass is 219 g/mol. The minimum absolute atomic E-state index is 0.0125. The molecule has 1 aliphatic rings. The average molecular weight is 219 g/mol. The first-order chi connectivity index (χ1) is 7.75. The highest BCUT2D eigenvalue weighted by Crippen LogP contribution is 2.20. The molecule has 1 amide bonds. The lowest BCUT2D eigenvalue weighted by Crippen LogP contribution is -2.19. The third-order valence-corrected chi connectivity index (χ3v) is 2.81. The number of carbonyl (C=O) groups is 1. The number of rotatable bonds is 3. The smallest absolute Gasteiger partial charge is 0.217 e. The molecular formula is C12H17N3O. The predicted molar refractivity (Wildman–Crippen MR) is 61.7 cm³/mol. The molecule has 0 unspecified atom stereocenters. The van der Waals surface area contributed by atoms with Crippen molar-refractivity contribution in [3.8, 4) is 0 Å². The Kier molecular flexibility index (Phi) is 3.51. The molecule has 1 aliphatic heterocycles. The van der Waals surface area contributed by atoms with Gasteiger partial charge < -0.3 is 10.6 Å². The molecule has 2 N–H and O–H groups in total. The van der Waals surface area contributed by atoms with Crippen LogP contribution in [0.2, 0.25) is 0 Å². The molecule has 2 heterocycles. The lowest BCUT2D eigenvalue weighted by atomic mass is 10.1. The number of nitrogens with one attached hydrogen (secondary N) is 2. The Balaban J connectivity index is 1.95. The second-order valence-electron chi connectivity index (χ2n) is 4.15. The summed E-state index contributed by atoms with van der Waals surface area (Å²) in [6.07, 6.45) is 4.23. The highest BCUT2D eigenvalue weighted by molar-refractivity contribution is 5.72. The highest BCUT2D eigenvalue weighted by atomic mass is 16.1. The molecule has 1 atom stereocenters. The summed E-state index contributed by atoms with van der Waals surface area (Å²) in [6.45, 7) is 3.16. The number of hydrogen-bond acceptors (Lipinski definition) is 3. The quantitative estimate of drug-likeness (QED) is 0.801. The summed E-state index contributed by atoms with van der Waals surface area (Å²) in [5, 5.41) is 6.17. The zero-order chi connectivity index (χ0) is 11.4. The Bertz CT molecular complexity index is 355. The highest BCUT2D eigenvalue weighted by Gasteiger charge is 2.16. The SMILES string of the molecule is CC(=O)NCc1ccc([C@H]2CCCN2)nc1. The summed E-state index contributed by atoms with van der Waals surface area (Å²) in [7, 11) is 0. The van der Waals surface area contributed by atoms with Crippen molar-refractivity contribution in [2.75, 3.05) is 6.54 Å². The van der Waals surface area contributed by atoms with Crippen molar-refractivity contribution in [1.82, 2.24) is 15.6 Å². The topological polar surface area (TPSA) is 54.0 Å². The van der Waals surface area contributed by atoms with E-state index in [-0.39, 0.29) is 5.91 Å². The minimum Gasteiger partial charge on any atom is -0.352 e. The van der Waals surface area contributed by atoms with Crippen LogP contribution < -0.4 is 10.6 Å². The van der Waals surface area contributed by atoms with Gasteiger partial charge >= 0.3 is 0 Å². The summed E-state index contributed by atoms with van der Waals surface area (Å²) in [5.74, 6) is -0.0125. The average Bonchev–Trinajstić information content (AvgIpc) is 2.80. The van der Waals surface area contributed by atoms with E-state index < -0.39 is 0 Å². The second-order valence-corrected chi connectivity index (χ2v) is 4.15. The number of pyridine rings is 1. The molecule has 4 heteroatoms. The normalized spacial score (nSPS) is 19.7.